The lowest BCUT2D eigenvalue weighted by atomic mass is 9.92. The summed E-state index contributed by atoms with van der Waals surface area (Å²) < 4.78 is 6.90. The van der Waals surface area contributed by atoms with Crippen LogP contribution in [0.15, 0.2) is 192 Å². The van der Waals surface area contributed by atoms with Gasteiger partial charge in [-0.05, 0) is 79.3 Å². The molecule has 4 nitrogen and oxygen atoms in total. The molecule has 0 unspecified atom stereocenters. The van der Waals surface area contributed by atoms with E-state index in [0.29, 0.717) is 17.5 Å². The van der Waals surface area contributed by atoms with E-state index < -0.39 is 0 Å². The maximum atomic E-state index is 6.90. The Morgan fingerprint density at radius 1 is 0.327 bits per heavy atom. The zero-order valence-corrected chi connectivity index (χ0v) is 29.6. The minimum Gasteiger partial charge on any atom is -0.455 e. The van der Waals surface area contributed by atoms with Crippen LogP contribution >= 0.6 is 0 Å². The topological polar surface area (TPSA) is 51.8 Å². The molecule has 0 spiro atoms. The third kappa shape index (κ3) is 5.34. The van der Waals surface area contributed by atoms with E-state index in [4.69, 9.17) is 19.4 Å². The number of hydrogen-bond donors (Lipinski definition) is 0. The van der Waals surface area contributed by atoms with Gasteiger partial charge in [-0.15, -0.1) is 0 Å². The zero-order valence-electron chi connectivity index (χ0n) is 29.6. The van der Waals surface area contributed by atoms with Crippen molar-refractivity contribution in [3.63, 3.8) is 0 Å². The fourth-order valence-corrected chi connectivity index (χ4v) is 7.98. The molecule has 4 heteroatoms. The Hall–Kier alpha value is -7.43. The molecule has 0 N–H and O–H groups in total. The molecule has 0 radical (unpaired) electrons. The lowest BCUT2D eigenvalue weighted by molar-refractivity contribution is 0.670. The highest BCUT2D eigenvalue weighted by atomic mass is 16.3. The Balaban J connectivity index is 1.13. The van der Waals surface area contributed by atoms with Crippen LogP contribution < -0.4 is 0 Å². The standard InChI is InChI=1S/C51H31N3O/c1-3-12-32(13-4-1)36-23-24-38-29-40(26-25-37(38)28-36)46-42-19-10-9-18-39(42)31-44-47-43(20-11-21-45(47)55-48(44)46)51-53-49(34-15-5-2-6-16-34)52-50(54-51)41-27-22-33-14-7-8-17-35(33)30-41/h1-31H. The van der Waals surface area contributed by atoms with Crippen LogP contribution in [0.1, 0.15) is 0 Å². The summed E-state index contributed by atoms with van der Waals surface area (Å²) >= 11 is 0. The Morgan fingerprint density at radius 3 is 1.69 bits per heavy atom. The van der Waals surface area contributed by atoms with E-state index in [9.17, 15) is 0 Å². The third-order valence-corrected chi connectivity index (χ3v) is 10.7. The maximum absolute atomic E-state index is 6.90. The second-order valence-corrected chi connectivity index (χ2v) is 14.0. The number of nitrogens with zero attached hydrogens (tertiary/aromatic N) is 3. The predicted octanol–water partition coefficient (Wildman–Crippen LogP) is 13.6. The number of fused-ring (bicyclic) bond motifs is 6. The molecule has 0 saturated heterocycles. The number of benzene rings is 9. The summed E-state index contributed by atoms with van der Waals surface area (Å²) in [7, 11) is 0. The monoisotopic (exact) mass is 701 g/mol. The molecule has 0 atom stereocenters. The Morgan fingerprint density at radius 2 is 0.891 bits per heavy atom. The Bertz CT molecular complexity index is 3260. The minimum absolute atomic E-state index is 0.597. The molecular formula is C51H31N3O. The Kier molecular flexibility index (Phi) is 7.14. The van der Waals surface area contributed by atoms with Crippen molar-refractivity contribution in [3.8, 4) is 56.4 Å². The van der Waals surface area contributed by atoms with Crippen molar-refractivity contribution in [3.05, 3.63) is 188 Å². The molecule has 9 aromatic carbocycles. The second kappa shape index (κ2) is 12.6. The van der Waals surface area contributed by atoms with Gasteiger partial charge in [-0.25, -0.2) is 15.0 Å². The Labute approximate surface area is 317 Å². The van der Waals surface area contributed by atoms with Gasteiger partial charge in [0.2, 0.25) is 0 Å². The first-order chi connectivity index (χ1) is 27.2. The van der Waals surface area contributed by atoms with Gasteiger partial charge >= 0.3 is 0 Å². The van der Waals surface area contributed by atoms with E-state index in [0.717, 1.165) is 65.9 Å². The quantitative estimate of drug-likeness (QED) is 0.179. The summed E-state index contributed by atoms with van der Waals surface area (Å²) in [5, 5.41) is 8.95. The average Bonchev–Trinajstić information content (AvgIpc) is 3.63. The van der Waals surface area contributed by atoms with Crippen molar-refractivity contribution in [1.82, 2.24) is 15.0 Å². The highest BCUT2D eigenvalue weighted by Gasteiger charge is 2.21. The first kappa shape index (κ1) is 31.1. The molecule has 55 heavy (non-hydrogen) atoms. The molecule has 0 saturated carbocycles. The first-order valence-electron chi connectivity index (χ1n) is 18.5. The molecule has 0 bridgehead atoms. The van der Waals surface area contributed by atoms with E-state index in [-0.39, 0.29) is 0 Å². The van der Waals surface area contributed by atoms with E-state index >= 15 is 0 Å². The van der Waals surface area contributed by atoms with Crippen molar-refractivity contribution in [2.45, 2.75) is 0 Å². The van der Waals surface area contributed by atoms with Crippen LogP contribution in [-0.2, 0) is 0 Å². The largest absolute Gasteiger partial charge is 0.455 e. The molecule has 256 valence electrons. The molecule has 11 rings (SSSR count). The highest BCUT2D eigenvalue weighted by molar-refractivity contribution is 6.21. The molecule has 0 fully saturated rings. The molecule has 0 aliphatic heterocycles. The van der Waals surface area contributed by atoms with Crippen molar-refractivity contribution in [2.75, 3.05) is 0 Å². The van der Waals surface area contributed by atoms with Crippen molar-refractivity contribution in [1.29, 1.82) is 0 Å². The second-order valence-electron chi connectivity index (χ2n) is 14.0. The summed E-state index contributed by atoms with van der Waals surface area (Å²) in [6, 6.07) is 65.8. The number of hydrogen-bond acceptors (Lipinski definition) is 4. The van der Waals surface area contributed by atoms with Crippen molar-refractivity contribution in [2.24, 2.45) is 0 Å². The molecule has 2 aromatic heterocycles. The smallest absolute Gasteiger partial charge is 0.164 e. The SMILES string of the molecule is c1ccc(-c2ccc3cc(-c4c5ccccc5cc5c4oc4cccc(-c6nc(-c7ccccc7)nc(-c7ccc8ccccc8c7)n6)c45)ccc3c2)cc1. The van der Waals surface area contributed by atoms with E-state index in [2.05, 4.69) is 146 Å². The molecule has 0 aliphatic carbocycles. The van der Waals surface area contributed by atoms with Crippen LogP contribution in [0, 0.1) is 0 Å². The van der Waals surface area contributed by atoms with Gasteiger partial charge in [0.25, 0.3) is 0 Å². The van der Waals surface area contributed by atoms with Gasteiger partial charge < -0.3 is 4.42 Å². The zero-order chi connectivity index (χ0) is 36.3. The number of rotatable bonds is 5. The van der Waals surface area contributed by atoms with Crippen LogP contribution in [0.5, 0.6) is 0 Å². The van der Waals surface area contributed by atoms with Gasteiger partial charge in [0.1, 0.15) is 11.2 Å². The summed E-state index contributed by atoms with van der Waals surface area (Å²) in [6.07, 6.45) is 0. The van der Waals surface area contributed by atoms with Crippen LogP contribution in [0.25, 0.3) is 111 Å². The van der Waals surface area contributed by atoms with Crippen LogP contribution in [0.2, 0.25) is 0 Å². The van der Waals surface area contributed by atoms with Gasteiger partial charge in [0.05, 0.1) is 0 Å². The summed E-state index contributed by atoms with van der Waals surface area (Å²) in [5.41, 5.74) is 8.97. The minimum atomic E-state index is 0.597. The van der Waals surface area contributed by atoms with Gasteiger partial charge in [0, 0.05) is 33.0 Å². The molecule has 0 aliphatic rings. The normalized spacial score (nSPS) is 11.6. The van der Waals surface area contributed by atoms with Gasteiger partial charge in [0.15, 0.2) is 17.5 Å². The average molecular weight is 702 g/mol. The van der Waals surface area contributed by atoms with Crippen LogP contribution in [0.3, 0.4) is 0 Å². The molecule has 11 aromatic rings. The van der Waals surface area contributed by atoms with Gasteiger partial charge in [-0.3, -0.25) is 0 Å². The molecular weight excluding hydrogens is 671 g/mol. The van der Waals surface area contributed by atoms with Crippen LogP contribution in [0.4, 0.5) is 0 Å². The lowest BCUT2D eigenvalue weighted by Crippen LogP contribution is -2.00. The molecule has 2 heterocycles. The fraction of sp³-hybridized carbons (Fsp3) is 0. The molecule has 0 amide bonds. The lowest BCUT2D eigenvalue weighted by Gasteiger charge is -2.11. The fourth-order valence-electron chi connectivity index (χ4n) is 7.98. The van der Waals surface area contributed by atoms with Crippen molar-refractivity contribution < 1.29 is 4.42 Å². The number of furan rings is 1. The van der Waals surface area contributed by atoms with E-state index in [1.54, 1.807) is 0 Å². The summed E-state index contributed by atoms with van der Waals surface area (Å²) in [6.45, 7) is 0. The van der Waals surface area contributed by atoms with Crippen LogP contribution in [-0.4, -0.2) is 15.0 Å². The van der Waals surface area contributed by atoms with Crippen molar-refractivity contribution >= 4 is 54.3 Å². The van der Waals surface area contributed by atoms with E-state index in [1.807, 2.05) is 42.5 Å². The predicted molar refractivity (Wildman–Crippen MR) is 227 cm³/mol. The maximum Gasteiger partial charge on any atom is 0.164 e. The van der Waals surface area contributed by atoms with E-state index in [1.165, 1.54) is 27.3 Å². The summed E-state index contributed by atoms with van der Waals surface area (Å²) in [5.74, 6) is 1.84. The summed E-state index contributed by atoms with van der Waals surface area (Å²) in [4.78, 5) is 15.4. The van der Waals surface area contributed by atoms with Gasteiger partial charge in [-0.2, -0.15) is 0 Å². The number of aromatic nitrogens is 3. The highest BCUT2D eigenvalue weighted by Crippen LogP contribution is 2.44. The first-order valence-corrected chi connectivity index (χ1v) is 18.5. The third-order valence-electron chi connectivity index (χ3n) is 10.7. The van der Waals surface area contributed by atoms with Gasteiger partial charge in [-0.1, -0.05) is 158 Å².